The SMILES string of the molecule is [CH2]CCCN(C)c1cccc(Cl)c1. The van der Waals surface area contributed by atoms with Crippen LogP contribution in [0, 0.1) is 6.92 Å². The zero-order chi connectivity index (χ0) is 9.68. The van der Waals surface area contributed by atoms with Crippen LogP contribution in [-0.2, 0) is 0 Å². The molecule has 1 aromatic rings. The van der Waals surface area contributed by atoms with Gasteiger partial charge in [-0.15, -0.1) is 0 Å². The van der Waals surface area contributed by atoms with E-state index >= 15 is 0 Å². The lowest BCUT2D eigenvalue weighted by Crippen LogP contribution is -2.17. The van der Waals surface area contributed by atoms with Gasteiger partial charge in [-0.25, -0.2) is 0 Å². The fourth-order valence-electron chi connectivity index (χ4n) is 1.19. The van der Waals surface area contributed by atoms with Crippen molar-refractivity contribution in [2.24, 2.45) is 0 Å². The molecule has 0 aliphatic carbocycles. The number of anilines is 1. The number of nitrogens with zero attached hydrogens (tertiary/aromatic N) is 1. The Morgan fingerprint density at radius 1 is 1.46 bits per heavy atom. The van der Waals surface area contributed by atoms with Gasteiger partial charge in [0.15, 0.2) is 0 Å². The molecule has 0 aliphatic heterocycles. The summed E-state index contributed by atoms with van der Waals surface area (Å²) in [7, 11) is 2.07. The van der Waals surface area contributed by atoms with Crippen LogP contribution < -0.4 is 4.90 Å². The Kier molecular flexibility index (Phi) is 4.10. The van der Waals surface area contributed by atoms with Crippen molar-refractivity contribution < 1.29 is 0 Å². The molecule has 0 N–H and O–H groups in total. The van der Waals surface area contributed by atoms with E-state index < -0.39 is 0 Å². The highest BCUT2D eigenvalue weighted by Crippen LogP contribution is 2.18. The van der Waals surface area contributed by atoms with E-state index in [4.69, 9.17) is 11.6 Å². The predicted molar refractivity (Wildman–Crippen MR) is 59.3 cm³/mol. The van der Waals surface area contributed by atoms with Gasteiger partial charge < -0.3 is 4.90 Å². The lowest BCUT2D eigenvalue weighted by molar-refractivity contribution is 0.800. The summed E-state index contributed by atoms with van der Waals surface area (Å²) in [5.74, 6) is 0. The number of rotatable bonds is 4. The van der Waals surface area contributed by atoms with Gasteiger partial charge in [0.2, 0.25) is 0 Å². The van der Waals surface area contributed by atoms with Crippen LogP contribution in [0.3, 0.4) is 0 Å². The number of halogens is 1. The molecule has 0 bridgehead atoms. The Morgan fingerprint density at radius 2 is 2.23 bits per heavy atom. The number of unbranched alkanes of at least 4 members (excludes halogenated alkanes) is 1. The minimum absolute atomic E-state index is 0.791. The number of hydrogen-bond acceptors (Lipinski definition) is 1. The van der Waals surface area contributed by atoms with E-state index in [1.807, 2.05) is 18.2 Å². The summed E-state index contributed by atoms with van der Waals surface area (Å²) >= 11 is 5.88. The zero-order valence-electron chi connectivity index (χ0n) is 7.96. The summed E-state index contributed by atoms with van der Waals surface area (Å²) in [6.45, 7) is 4.85. The lowest BCUT2D eigenvalue weighted by Gasteiger charge is -2.18. The minimum atomic E-state index is 0.791. The Bertz CT molecular complexity index is 260. The summed E-state index contributed by atoms with van der Waals surface area (Å²) in [4.78, 5) is 2.19. The number of benzene rings is 1. The largest absolute Gasteiger partial charge is 0.375 e. The van der Waals surface area contributed by atoms with Crippen LogP contribution in [0.5, 0.6) is 0 Å². The highest BCUT2D eigenvalue weighted by molar-refractivity contribution is 6.30. The van der Waals surface area contributed by atoms with Crippen molar-refractivity contribution >= 4 is 17.3 Å². The van der Waals surface area contributed by atoms with Gasteiger partial charge >= 0.3 is 0 Å². The van der Waals surface area contributed by atoms with Gasteiger partial charge in [0.25, 0.3) is 0 Å². The minimum Gasteiger partial charge on any atom is -0.375 e. The second kappa shape index (κ2) is 5.13. The average Bonchev–Trinajstić information content (AvgIpc) is 2.14. The molecule has 0 spiro atoms. The molecule has 1 radical (unpaired) electrons. The van der Waals surface area contributed by atoms with E-state index in [1.165, 1.54) is 5.69 Å². The van der Waals surface area contributed by atoms with Gasteiger partial charge in [0.05, 0.1) is 0 Å². The molecular formula is C11H15ClN. The molecule has 1 nitrogen and oxygen atoms in total. The Labute approximate surface area is 85.3 Å². The van der Waals surface area contributed by atoms with Crippen molar-refractivity contribution in [3.05, 3.63) is 36.2 Å². The molecule has 0 amide bonds. The maximum absolute atomic E-state index is 5.88. The molecular weight excluding hydrogens is 182 g/mol. The van der Waals surface area contributed by atoms with E-state index in [-0.39, 0.29) is 0 Å². The summed E-state index contributed by atoms with van der Waals surface area (Å²) in [5.41, 5.74) is 1.17. The average molecular weight is 197 g/mol. The smallest absolute Gasteiger partial charge is 0.0426 e. The van der Waals surface area contributed by atoms with Crippen molar-refractivity contribution in [3.8, 4) is 0 Å². The topological polar surface area (TPSA) is 3.24 Å². The van der Waals surface area contributed by atoms with E-state index in [2.05, 4.69) is 24.9 Å². The molecule has 0 fully saturated rings. The van der Waals surface area contributed by atoms with Gasteiger partial charge in [-0.05, 0) is 24.6 Å². The van der Waals surface area contributed by atoms with Crippen molar-refractivity contribution in [1.29, 1.82) is 0 Å². The lowest BCUT2D eigenvalue weighted by atomic mass is 10.2. The zero-order valence-corrected chi connectivity index (χ0v) is 8.72. The fraction of sp³-hybridized carbons (Fsp3) is 0.364. The molecule has 71 valence electrons. The molecule has 0 saturated heterocycles. The van der Waals surface area contributed by atoms with Gasteiger partial charge in [0.1, 0.15) is 0 Å². The van der Waals surface area contributed by atoms with Crippen LogP contribution in [-0.4, -0.2) is 13.6 Å². The summed E-state index contributed by atoms with van der Waals surface area (Å²) in [6, 6.07) is 7.90. The second-order valence-corrected chi connectivity index (χ2v) is 3.54. The fourth-order valence-corrected chi connectivity index (χ4v) is 1.38. The van der Waals surface area contributed by atoms with Gasteiger partial charge in [-0.1, -0.05) is 31.0 Å². The van der Waals surface area contributed by atoms with E-state index in [0.717, 1.165) is 24.4 Å². The first-order chi connectivity index (χ1) is 6.24. The highest BCUT2D eigenvalue weighted by Gasteiger charge is 1.99. The van der Waals surface area contributed by atoms with Gasteiger partial charge in [-0.3, -0.25) is 0 Å². The van der Waals surface area contributed by atoms with E-state index in [9.17, 15) is 0 Å². The van der Waals surface area contributed by atoms with E-state index in [0.29, 0.717) is 0 Å². The summed E-state index contributed by atoms with van der Waals surface area (Å²) in [5, 5.41) is 0.791. The van der Waals surface area contributed by atoms with Gasteiger partial charge in [0, 0.05) is 24.3 Å². The molecule has 0 aromatic heterocycles. The summed E-state index contributed by atoms with van der Waals surface area (Å²) < 4.78 is 0. The number of hydrogen-bond donors (Lipinski definition) is 0. The van der Waals surface area contributed by atoms with E-state index in [1.54, 1.807) is 0 Å². The highest BCUT2D eigenvalue weighted by atomic mass is 35.5. The Hall–Kier alpha value is -0.690. The monoisotopic (exact) mass is 196 g/mol. The van der Waals surface area contributed by atoms with Crippen molar-refractivity contribution in [2.75, 3.05) is 18.5 Å². The molecule has 1 aromatic carbocycles. The van der Waals surface area contributed by atoms with Crippen LogP contribution in [0.15, 0.2) is 24.3 Å². The molecule has 13 heavy (non-hydrogen) atoms. The third-order valence-corrected chi connectivity index (χ3v) is 2.23. The molecule has 0 heterocycles. The van der Waals surface area contributed by atoms with Crippen molar-refractivity contribution in [1.82, 2.24) is 0 Å². The van der Waals surface area contributed by atoms with Crippen LogP contribution in [0.1, 0.15) is 12.8 Å². The summed E-state index contributed by atoms with van der Waals surface area (Å²) in [6.07, 6.45) is 2.09. The molecule has 0 aliphatic rings. The normalized spacial score (nSPS) is 10.1. The maximum Gasteiger partial charge on any atom is 0.0426 e. The molecule has 2 heteroatoms. The third-order valence-electron chi connectivity index (χ3n) is 1.99. The first-order valence-electron chi connectivity index (χ1n) is 4.50. The third kappa shape index (κ3) is 3.27. The quantitative estimate of drug-likeness (QED) is 0.714. The first kappa shape index (κ1) is 10.4. The Balaban J connectivity index is 2.60. The molecule has 0 atom stereocenters. The predicted octanol–water partition coefficient (Wildman–Crippen LogP) is 3.39. The maximum atomic E-state index is 5.88. The van der Waals surface area contributed by atoms with Crippen LogP contribution in [0.2, 0.25) is 5.02 Å². The molecule has 0 saturated carbocycles. The van der Waals surface area contributed by atoms with Crippen molar-refractivity contribution in [2.45, 2.75) is 12.8 Å². The van der Waals surface area contributed by atoms with Gasteiger partial charge in [-0.2, -0.15) is 0 Å². The van der Waals surface area contributed by atoms with Crippen LogP contribution >= 0.6 is 11.6 Å². The molecule has 0 unspecified atom stereocenters. The Morgan fingerprint density at radius 3 is 2.85 bits per heavy atom. The van der Waals surface area contributed by atoms with Crippen LogP contribution in [0.4, 0.5) is 5.69 Å². The standard InChI is InChI=1S/C11H15ClN/c1-3-4-8-13(2)11-7-5-6-10(12)9-11/h5-7,9H,1,3-4,8H2,2H3. The second-order valence-electron chi connectivity index (χ2n) is 3.11. The van der Waals surface area contributed by atoms with Crippen LogP contribution in [0.25, 0.3) is 0 Å². The van der Waals surface area contributed by atoms with Crippen molar-refractivity contribution in [3.63, 3.8) is 0 Å². The first-order valence-corrected chi connectivity index (χ1v) is 4.88. The molecule has 1 rings (SSSR count).